The van der Waals surface area contributed by atoms with Crippen molar-refractivity contribution in [3.63, 3.8) is 0 Å². The first-order chi connectivity index (χ1) is 15.4. The maximum absolute atomic E-state index is 11.7. The van der Waals surface area contributed by atoms with Gasteiger partial charge in [-0.15, -0.1) is 0 Å². The van der Waals surface area contributed by atoms with E-state index in [0.717, 1.165) is 49.8 Å². The SMILES string of the molecule is CCc1cnc(N2CC3[C@@H](COc4ccc(C5=CCN(S(C)(=O)=O)CC5)cc4)[C@@H]3C2)nc1. The van der Waals surface area contributed by atoms with E-state index in [1.54, 1.807) is 0 Å². The van der Waals surface area contributed by atoms with Crippen molar-refractivity contribution in [2.75, 3.05) is 43.9 Å². The van der Waals surface area contributed by atoms with Gasteiger partial charge in [0.2, 0.25) is 16.0 Å². The van der Waals surface area contributed by atoms with Crippen LogP contribution in [0.5, 0.6) is 5.75 Å². The number of nitrogens with zero attached hydrogens (tertiary/aromatic N) is 4. The normalized spacial score (nSPS) is 25.4. The van der Waals surface area contributed by atoms with Gasteiger partial charge in [-0.2, -0.15) is 4.31 Å². The molecule has 7 nitrogen and oxygen atoms in total. The number of hydrogen-bond donors (Lipinski definition) is 0. The van der Waals surface area contributed by atoms with Crippen molar-refractivity contribution in [3.05, 3.63) is 53.9 Å². The summed E-state index contributed by atoms with van der Waals surface area (Å²) in [7, 11) is -3.12. The molecule has 8 heteroatoms. The van der Waals surface area contributed by atoms with Crippen LogP contribution >= 0.6 is 0 Å². The first kappa shape index (κ1) is 21.4. The quantitative estimate of drug-likeness (QED) is 0.640. The number of hydrogen-bond acceptors (Lipinski definition) is 6. The number of sulfonamides is 1. The van der Waals surface area contributed by atoms with Crippen LogP contribution in [0.1, 0.15) is 24.5 Å². The number of fused-ring (bicyclic) bond motifs is 1. The fraction of sp³-hybridized carbons (Fsp3) is 0.500. The number of aryl methyl sites for hydroxylation is 1. The second kappa shape index (κ2) is 8.48. The monoisotopic (exact) mass is 454 g/mol. The van der Waals surface area contributed by atoms with Gasteiger partial charge in [0.15, 0.2) is 0 Å². The van der Waals surface area contributed by atoms with Crippen molar-refractivity contribution >= 4 is 21.5 Å². The van der Waals surface area contributed by atoms with E-state index in [1.165, 1.54) is 21.7 Å². The fourth-order valence-electron chi connectivity index (χ4n) is 4.93. The van der Waals surface area contributed by atoms with Gasteiger partial charge in [-0.05, 0) is 53.5 Å². The van der Waals surface area contributed by atoms with Crippen molar-refractivity contribution < 1.29 is 13.2 Å². The second-order valence-corrected chi connectivity index (χ2v) is 11.1. The topological polar surface area (TPSA) is 75.6 Å². The average Bonchev–Trinajstić information content (AvgIpc) is 3.26. The van der Waals surface area contributed by atoms with Gasteiger partial charge in [0.1, 0.15) is 5.75 Å². The molecule has 170 valence electrons. The lowest BCUT2D eigenvalue weighted by Gasteiger charge is -2.24. The summed E-state index contributed by atoms with van der Waals surface area (Å²) in [6.07, 6.45) is 8.84. The third-order valence-corrected chi connectivity index (χ3v) is 8.33. The Bertz CT molecular complexity index is 1090. The first-order valence-corrected chi connectivity index (χ1v) is 13.2. The maximum atomic E-state index is 11.7. The van der Waals surface area contributed by atoms with Crippen LogP contribution in [0.4, 0.5) is 5.95 Å². The predicted molar refractivity (Wildman–Crippen MR) is 125 cm³/mol. The first-order valence-electron chi connectivity index (χ1n) is 11.4. The molecule has 2 fully saturated rings. The molecule has 3 aliphatic rings. The van der Waals surface area contributed by atoms with Gasteiger partial charge in [-0.3, -0.25) is 0 Å². The predicted octanol–water partition coefficient (Wildman–Crippen LogP) is 2.85. The molecule has 0 radical (unpaired) electrons. The van der Waals surface area contributed by atoms with Crippen molar-refractivity contribution in [1.29, 1.82) is 0 Å². The fourth-order valence-corrected chi connectivity index (χ4v) is 5.69. The molecule has 0 N–H and O–H groups in total. The number of anilines is 1. The van der Waals surface area contributed by atoms with Crippen LogP contribution in [0, 0.1) is 17.8 Å². The van der Waals surface area contributed by atoms with E-state index in [4.69, 9.17) is 4.74 Å². The van der Waals surface area contributed by atoms with Gasteiger partial charge in [0, 0.05) is 44.5 Å². The zero-order valence-electron chi connectivity index (χ0n) is 18.6. The molecule has 1 saturated carbocycles. The zero-order chi connectivity index (χ0) is 22.3. The van der Waals surface area contributed by atoms with Gasteiger partial charge in [-0.25, -0.2) is 18.4 Å². The summed E-state index contributed by atoms with van der Waals surface area (Å²) in [5.41, 5.74) is 3.51. The van der Waals surface area contributed by atoms with E-state index < -0.39 is 10.0 Å². The minimum atomic E-state index is -3.12. The Kier molecular flexibility index (Phi) is 5.67. The molecule has 3 atom stereocenters. The molecule has 0 bridgehead atoms. The molecule has 1 aromatic carbocycles. The molecule has 1 aromatic heterocycles. The van der Waals surface area contributed by atoms with Crippen LogP contribution in [0.25, 0.3) is 5.57 Å². The number of benzene rings is 1. The highest BCUT2D eigenvalue weighted by molar-refractivity contribution is 7.88. The minimum absolute atomic E-state index is 0.446. The lowest BCUT2D eigenvalue weighted by atomic mass is 10.0. The molecule has 2 aromatic rings. The van der Waals surface area contributed by atoms with Crippen molar-refractivity contribution in [2.45, 2.75) is 19.8 Å². The molecule has 32 heavy (non-hydrogen) atoms. The van der Waals surface area contributed by atoms with E-state index in [-0.39, 0.29) is 0 Å². The molecular weight excluding hydrogens is 424 g/mol. The Labute approximate surface area is 190 Å². The van der Waals surface area contributed by atoms with Gasteiger partial charge in [0.25, 0.3) is 0 Å². The summed E-state index contributed by atoms with van der Waals surface area (Å²) in [5.74, 6) is 3.70. The lowest BCUT2D eigenvalue weighted by molar-refractivity contribution is 0.283. The van der Waals surface area contributed by atoms with Crippen LogP contribution in [-0.2, 0) is 16.4 Å². The number of rotatable bonds is 7. The molecule has 3 heterocycles. The Morgan fingerprint density at radius 2 is 1.78 bits per heavy atom. The highest BCUT2D eigenvalue weighted by Crippen LogP contribution is 2.52. The van der Waals surface area contributed by atoms with Gasteiger partial charge in [0.05, 0.1) is 12.9 Å². The van der Waals surface area contributed by atoms with Crippen LogP contribution in [0.3, 0.4) is 0 Å². The van der Waals surface area contributed by atoms with Crippen LogP contribution in [-0.4, -0.2) is 61.7 Å². The summed E-state index contributed by atoms with van der Waals surface area (Å²) in [4.78, 5) is 11.3. The molecule has 1 unspecified atom stereocenters. The number of ether oxygens (including phenoxy) is 1. The maximum Gasteiger partial charge on any atom is 0.225 e. The highest BCUT2D eigenvalue weighted by atomic mass is 32.2. The summed E-state index contributed by atoms with van der Waals surface area (Å²) < 4.78 is 30.9. The van der Waals surface area contributed by atoms with Crippen molar-refractivity contribution in [3.8, 4) is 5.75 Å². The third-order valence-electron chi connectivity index (χ3n) is 7.06. The van der Waals surface area contributed by atoms with E-state index >= 15 is 0 Å². The molecule has 5 rings (SSSR count). The van der Waals surface area contributed by atoms with Gasteiger partial charge in [-0.1, -0.05) is 25.1 Å². The molecule has 1 aliphatic carbocycles. The summed E-state index contributed by atoms with van der Waals surface area (Å²) in [6, 6.07) is 8.19. The minimum Gasteiger partial charge on any atom is -0.493 e. The Balaban J connectivity index is 1.10. The number of aromatic nitrogens is 2. The Morgan fingerprint density at radius 3 is 2.34 bits per heavy atom. The Hall–Kier alpha value is -2.45. The molecule has 0 amide bonds. The van der Waals surface area contributed by atoms with Gasteiger partial charge >= 0.3 is 0 Å². The molecule has 2 aliphatic heterocycles. The van der Waals surface area contributed by atoms with Gasteiger partial charge < -0.3 is 9.64 Å². The van der Waals surface area contributed by atoms with Crippen molar-refractivity contribution in [2.24, 2.45) is 17.8 Å². The second-order valence-electron chi connectivity index (χ2n) is 9.08. The highest BCUT2D eigenvalue weighted by Gasteiger charge is 2.56. The zero-order valence-corrected chi connectivity index (χ0v) is 19.5. The Morgan fingerprint density at radius 1 is 1.09 bits per heavy atom. The summed E-state index contributed by atoms with van der Waals surface area (Å²) in [6.45, 7) is 5.89. The largest absolute Gasteiger partial charge is 0.493 e. The van der Waals surface area contributed by atoms with Crippen molar-refractivity contribution in [1.82, 2.24) is 14.3 Å². The van der Waals surface area contributed by atoms with E-state index in [9.17, 15) is 8.42 Å². The summed E-state index contributed by atoms with van der Waals surface area (Å²) in [5, 5.41) is 0. The van der Waals surface area contributed by atoms with Crippen LogP contribution < -0.4 is 9.64 Å². The van der Waals surface area contributed by atoms with E-state index in [0.29, 0.717) is 30.8 Å². The molecular formula is C24H30N4O3S. The summed E-state index contributed by atoms with van der Waals surface area (Å²) >= 11 is 0. The molecule has 1 saturated heterocycles. The third kappa shape index (κ3) is 4.38. The lowest BCUT2D eigenvalue weighted by Crippen LogP contribution is -2.33. The van der Waals surface area contributed by atoms with Crippen LogP contribution in [0.15, 0.2) is 42.7 Å². The van der Waals surface area contributed by atoms with E-state index in [2.05, 4.69) is 33.9 Å². The van der Waals surface area contributed by atoms with E-state index in [1.807, 2.05) is 30.6 Å². The molecule has 0 spiro atoms. The van der Waals surface area contributed by atoms with Crippen LogP contribution in [0.2, 0.25) is 0 Å². The standard InChI is InChI=1S/C24H30N4O3S/c1-3-17-12-25-24(26-13-17)27-14-21-22(15-27)23(21)16-31-20-6-4-18(5-7-20)19-8-10-28(11-9-19)32(2,29)30/h4-8,12-13,21-23H,3,9-11,14-16H2,1-2H3/t21-,22?,23+/m1/s1. The average molecular weight is 455 g/mol. The number of piperidine rings is 1. The smallest absolute Gasteiger partial charge is 0.225 e.